The van der Waals surface area contributed by atoms with Crippen LogP contribution in [0.3, 0.4) is 0 Å². The van der Waals surface area contributed by atoms with Gasteiger partial charge in [-0.2, -0.15) is 0 Å². The molecule has 0 amide bonds. The highest BCUT2D eigenvalue weighted by Gasteiger charge is 2.32. The van der Waals surface area contributed by atoms with Crippen LogP contribution in [0.15, 0.2) is 0 Å². The Kier molecular flexibility index (Phi) is 3.57. The summed E-state index contributed by atoms with van der Waals surface area (Å²) in [6.45, 7) is 7.80. The van der Waals surface area contributed by atoms with Crippen molar-refractivity contribution in [3.05, 3.63) is 0 Å². The summed E-state index contributed by atoms with van der Waals surface area (Å²) in [5, 5.41) is 0. The van der Waals surface area contributed by atoms with Gasteiger partial charge in [0.25, 0.3) is 0 Å². The fraction of sp³-hybridized carbons (Fsp3) is 1.00. The van der Waals surface area contributed by atoms with Crippen molar-refractivity contribution in [2.45, 2.75) is 59.0 Å². The molecule has 1 nitrogen and oxygen atoms in total. The summed E-state index contributed by atoms with van der Waals surface area (Å²) in [6, 6.07) is 0. The maximum Gasteiger partial charge on any atom is 0.0553 e. The Morgan fingerprint density at radius 1 is 1.42 bits per heavy atom. The van der Waals surface area contributed by atoms with E-state index in [1.165, 1.54) is 32.1 Å². The monoisotopic (exact) mass is 170 g/mol. The molecule has 2 atom stereocenters. The van der Waals surface area contributed by atoms with Gasteiger partial charge in [0.2, 0.25) is 0 Å². The van der Waals surface area contributed by atoms with Crippen LogP contribution in [0.2, 0.25) is 0 Å². The first-order valence-corrected chi connectivity index (χ1v) is 5.28. The third-order valence-electron chi connectivity index (χ3n) is 2.88. The van der Waals surface area contributed by atoms with Gasteiger partial charge in [-0.25, -0.2) is 0 Å². The van der Waals surface area contributed by atoms with Gasteiger partial charge in [-0.3, -0.25) is 0 Å². The molecule has 0 aromatic heterocycles. The minimum absolute atomic E-state index is 0.495. The predicted octanol–water partition coefficient (Wildman–Crippen LogP) is 3.38. The summed E-state index contributed by atoms with van der Waals surface area (Å²) in [6.07, 6.45) is 7.19. The van der Waals surface area contributed by atoms with E-state index in [-0.39, 0.29) is 0 Å². The quantitative estimate of drug-likeness (QED) is 0.588. The van der Waals surface area contributed by atoms with Crippen LogP contribution in [-0.4, -0.2) is 12.7 Å². The molecule has 0 aromatic carbocycles. The number of rotatable bonds is 4. The highest BCUT2D eigenvalue weighted by molar-refractivity contribution is 4.82. The molecule has 0 aliphatic carbocycles. The van der Waals surface area contributed by atoms with Gasteiger partial charge >= 0.3 is 0 Å². The lowest BCUT2D eigenvalue weighted by Gasteiger charge is -2.21. The molecule has 0 saturated carbocycles. The molecule has 1 fully saturated rings. The Morgan fingerprint density at radius 3 is 2.67 bits per heavy atom. The van der Waals surface area contributed by atoms with Gasteiger partial charge < -0.3 is 4.74 Å². The van der Waals surface area contributed by atoms with Crippen molar-refractivity contribution in [3.8, 4) is 0 Å². The van der Waals surface area contributed by atoms with Crippen LogP contribution >= 0.6 is 0 Å². The molecule has 0 N–H and O–H groups in total. The van der Waals surface area contributed by atoms with Crippen molar-refractivity contribution < 1.29 is 4.74 Å². The summed E-state index contributed by atoms with van der Waals surface area (Å²) in [4.78, 5) is 0. The van der Waals surface area contributed by atoms with Crippen LogP contribution in [0.4, 0.5) is 0 Å². The van der Waals surface area contributed by atoms with E-state index < -0.39 is 0 Å². The van der Waals surface area contributed by atoms with Gasteiger partial charge in [0, 0.05) is 0 Å². The Hall–Kier alpha value is -0.0400. The molecule has 1 heteroatoms. The van der Waals surface area contributed by atoms with E-state index in [4.69, 9.17) is 4.74 Å². The zero-order chi connectivity index (χ0) is 9.03. The lowest BCUT2D eigenvalue weighted by molar-refractivity contribution is 0.106. The molecule has 0 spiro atoms. The van der Waals surface area contributed by atoms with Crippen LogP contribution < -0.4 is 0 Å². The molecule has 0 bridgehead atoms. The van der Waals surface area contributed by atoms with Crippen molar-refractivity contribution in [2.75, 3.05) is 6.61 Å². The number of ether oxygens (including phenoxy) is 1. The topological polar surface area (TPSA) is 9.23 Å². The van der Waals surface area contributed by atoms with Crippen LogP contribution in [0.25, 0.3) is 0 Å². The van der Waals surface area contributed by atoms with E-state index in [0.717, 1.165) is 6.61 Å². The fourth-order valence-electron chi connectivity index (χ4n) is 2.13. The van der Waals surface area contributed by atoms with Crippen molar-refractivity contribution >= 4 is 0 Å². The molecule has 72 valence electrons. The fourth-order valence-corrected chi connectivity index (χ4v) is 2.13. The standard InChI is InChI=1S/C11H22O/c1-4-5-6-7-11(3)8-10(2)12-9-11/h10H,4-9H2,1-3H3. The lowest BCUT2D eigenvalue weighted by Crippen LogP contribution is -2.15. The molecule has 0 radical (unpaired) electrons. The molecule has 2 unspecified atom stereocenters. The summed E-state index contributed by atoms with van der Waals surface area (Å²) in [7, 11) is 0. The molecule has 12 heavy (non-hydrogen) atoms. The second-order valence-electron chi connectivity index (χ2n) is 4.59. The van der Waals surface area contributed by atoms with E-state index in [2.05, 4.69) is 20.8 Å². The van der Waals surface area contributed by atoms with Gasteiger partial charge in [0.05, 0.1) is 12.7 Å². The van der Waals surface area contributed by atoms with E-state index in [1.54, 1.807) is 0 Å². The highest BCUT2D eigenvalue weighted by atomic mass is 16.5. The average molecular weight is 170 g/mol. The van der Waals surface area contributed by atoms with Crippen LogP contribution in [0.1, 0.15) is 52.9 Å². The molecule has 1 heterocycles. The zero-order valence-electron chi connectivity index (χ0n) is 8.73. The number of hydrogen-bond acceptors (Lipinski definition) is 1. The molecule has 0 aromatic rings. The Morgan fingerprint density at radius 2 is 2.17 bits per heavy atom. The van der Waals surface area contributed by atoms with E-state index in [1.807, 2.05) is 0 Å². The van der Waals surface area contributed by atoms with E-state index in [0.29, 0.717) is 11.5 Å². The predicted molar refractivity (Wildman–Crippen MR) is 52.3 cm³/mol. The SMILES string of the molecule is CCCCCC1(C)COC(C)C1. The molecular formula is C11H22O. The second-order valence-corrected chi connectivity index (χ2v) is 4.59. The van der Waals surface area contributed by atoms with Gasteiger partial charge in [0.15, 0.2) is 0 Å². The van der Waals surface area contributed by atoms with Crippen molar-refractivity contribution in [1.29, 1.82) is 0 Å². The summed E-state index contributed by atoms with van der Waals surface area (Å²) < 4.78 is 5.60. The smallest absolute Gasteiger partial charge is 0.0553 e. The molecule has 1 aliphatic rings. The van der Waals surface area contributed by atoms with Gasteiger partial charge in [-0.15, -0.1) is 0 Å². The maximum absolute atomic E-state index is 5.60. The molecule has 1 aliphatic heterocycles. The van der Waals surface area contributed by atoms with Crippen molar-refractivity contribution in [2.24, 2.45) is 5.41 Å². The first-order valence-electron chi connectivity index (χ1n) is 5.28. The van der Waals surface area contributed by atoms with Crippen LogP contribution in [0.5, 0.6) is 0 Å². The number of hydrogen-bond donors (Lipinski definition) is 0. The van der Waals surface area contributed by atoms with E-state index >= 15 is 0 Å². The van der Waals surface area contributed by atoms with Gasteiger partial charge in [-0.1, -0.05) is 33.1 Å². The minimum Gasteiger partial charge on any atom is -0.378 e. The largest absolute Gasteiger partial charge is 0.378 e. The van der Waals surface area contributed by atoms with Gasteiger partial charge in [-0.05, 0) is 25.2 Å². The zero-order valence-corrected chi connectivity index (χ0v) is 8.73. The Labute approximate surface area is 76.5 Å². The summed E-state index contributed by atoms with van der Waals surface area (Å²) in [5.74, 6) is 0. The third kappa shape index (κ3) is 2.78. The van der Waals surface area contributed by atoms with Crippen molar-refractivity contribution in [3.63, 3.8) is 0 Å². The second kappa shape index (κ2) is 4.27. The first-order chi connectivity index (χ1) is 5.66. The Balaban J connectivity index is 2.21. The average Bonchev–Trinajstić information content (AvgIpc) is 2.32. The van der Waals surface area contributed by atoms with Crippen molar-refractivity contribution in [1.82, 2.24) is 0 Å². The van der Waals surface area contributed by atoms with Gasteiger partial charge in [0.1, 0.15) is 0 Å². The normalized spacial score (nSPS) is 35.8. The molecule has 1 rings (SSSR count). The van der Waals surface area contributed by atoms with Crippen LogP contribution in [-0.2, 0) is 4.74 Å². The first kappa shape index (κ1) is 10.0. The molecule has 1 saturated heterocycles. The summed E-state index contributed by atoms with van der Waals surface area (Å²) >= 11 is 0. The number of unbranched alkanes of at least 4 members (excludes halogenated alkanes) is 2. The Bertz CT molecular complexity index is 133. The maximum atomic E-state index is 5.60. The van der Waals surface area contributed by atoms with Crippen LogP contribution in [0, 0.1) is 5.41 Å². The highest BCUT2D eigenvalue weighted by Crippen LogP contribution is 2.36. The minimum atomic E-state index is 0.495. The van der Waals surface area contributed by atoms with E-state index in [9.17, 15) is 0 Å². The third-order valence-corrected chi connectivity index (χ3v) is 2.88. The molecular weight excluding hydrogens is 148 g/mol. The lowest BCUT2D eigenvalue weighted by atomic mass is 9.83. The summed E-state index contributed by atoms with van der Waals surface area (Å²) in [5.41, 5.74) is 0.495.